The maximum absolute atomic E-state index is 12.7. The summed E-state index contributed by atoms with van der Waals surface area (Å²) in [4.78, 5) is 27.1. The average Bonchev–Trinajstić information content (AvgIpc) is 3.22. The van der Waals surface area contributed by atoms with E-state index < -0.39 is 0 Å². The highest BCUT2D eigenvalue weighted by Gasteiger charge is 2.31. The molecule has 7 heteroatoms. The van der Waals surface area contributed by atoms with E-state index in [-0.39, 0.29) is 17.7 Å². The molecule has 7 nitrogen and oxygen atoms in total. The zero-order valence-corrected chi connectivity index (χ0v) is 17.5. The molecule has 0 spiro atoms. The number of amides is 1. The van der Waals surface area contributed by atoms with E-state index in [9.17, 15) is 9.59 Å². The van der Waals surface area contributed by atoms with Crippen LogP contribution in [0, 0.1) is 0 Å². The van der Waals surface area contributed by atoms with Crippen molar-refractivity contribution in [3.63, 3.8) is 0 Å². The number of ketones is 1. The predicted molar refractivity (Wildman–Crippen MR) is 112 cm³/mol. The van der Waals surface area contributed by atoms with Gasteiger partial charge in [-0.3, -0.25) is 9.59 Å². The summed E-state index contributed by atoms with van der Waals surface area (Å²) in [6.45, 7) is 8.67. The maximum Gasteiger partial charge on any atom is 0.282 e. The number of hydrogen-bond donors (Lipinski definition) is 3. The number of quaternary nitrogens is 2. The Hall–Kier alpha value is -2.90. The Morgan fingerprint density at radius 1 is 1.03 bits per heavy atom. The van der Waals surface area contributed by atoms with Gasteiger partial charge >= 0.3 is 0 Å². The molecule has 2 aliphatic heterocycles. The third-order valence-corrected chi connectivity index (χ3v) is 6.03. The van der Waals surface area contributed by atoms with Crippen LogP contribution in [0.5, 0.6) is 11.5 Å². The first kappa shape index (κ1) is 20.4. The Labute approximate surface area is 176 Å². The first-order valence-electron chi connectivity index (χ1n) is 10.5. The summed E-state index contributed by atoms with van der Waals surface area (Å²) in [6, 6.07) is 13.1. The van der Waals surface area contributed by atoms with Crippen LogP contribution in [0.15, 0.2) is 42.5 Å². The van der Waals surface area contributed by atoms with E-state index in [2.05, 4.69) is 17.4 Å². The topological polar surface area (TPSA) is 73.5 Å². The van der Waals surface area contributed by atoms with Crippen molar-refractivity contribution in [2.75, 3.05) is 38.3 Å². The van der Waals surface area contributed by atoms with E-state index in [0.717, 1.165) is 44.2 Å². The molecule has 0 aliphatic carbocycles. The Kier molecular flexibility index (Phi) is 6.01. The summed E-state index contributed by atoms with van der Waals surface area (Å²) < 4.78 is 10.9. The molecule has 0 aromatic heterocycles. The van der Waals surface area contributed by atoms with Crippen molar-refractivity contribution in [3.8, 4) is 11.5 Å². The molecule has 2 aromatic rings. The van der Waals surface area contributed by atoms with Gasteiger partial charge in [0.2, 0.25) is 6.79 Å². The lowest BCUT2D eigenvalue weighted by molar-refractivity contribution is -1.02. The normalized spacial score (nSPS) is 21.1. The van der Waals surface area contributed by atoms with Gasteiger partial charge in [0.25, 0.3) is 5.91 Å². The van der Waals surface area contributed by atoms with Crippen LogP contribution in [-0.2, 0) is 11.3 Å². The van der Waals surface area contributed by atoms with Gasteiger partial charge in [-0.15, -0.1) is 0 Å². The lowest BCUT2D eigenvalue weighted by Crippen LogP contribution is -3.29. The number of anilines is 1. The molecule has 2 aliphatic rings. The fourth-order valence-electron chi connectivity index (χ4n) is 4.13. The number of rotatable bonds is 6. The van der Waals surface area contributed by atoms with Crippen LogP contribution in [0.2, 0.25) is 0 Å². The van der Waals surface area contributed by atoms with Crippen LogP contribution >= 0.6 is 0 Å². The van der Waals surface area contributed by atoms with E-state index >= 15 is 0 Å². The fraction of sp³-hybridized carbons (Fsp3) is 0.391. The highest BCUT2D eigenvalue weighted by Crippen LogP contribution is 2.32. The van der Waals surface area contributed by atoms with Crippen molar-refractivity contribution in [3.05, 3.63) is 53.6 Å². The zero-order valence-electron chi connectivity index (χ0n) is 17.5. The highest BCUT2D eigenvalue weighted by molar-refractivity contribution is 5.97. The van der Waals surface area contributed by atoms with Crippen LogP contribution in [0.25, 0.3) is 0 Å². The Bertz CT molecular complexity index is 938. The predicted octanol–water partition coefficient (Wildman–Crippen LogP) is -0.0715. The lowest BCUT2D eigenvalue weighted by atomic mass is 10.1. The van der Waals surface area contributed by atoms with Gasteiger partial charge in [0.1, 0.15) is 32.7 Å². The molecule has 0 saturated carbocycles. The van der Waals surface area contributed by atoms with Gasteiger partial charge in [-0.2, -0.15) is 0 Å². The van der Waals surface area contributed by atoms with Gasteiger partial charge < -0.3 is 24.6 Å². The minimum atomic E-state index is -0.141. The summed E-state index contributed by atoms with van der Waals surface area (Å²) in [5, 5.41) is 2.96. The standard InChI is InChI=1S/C23H27N3O4/c1-16(23(28)24-20-5-3-4-19(13-20)17(2)27)26-10-8-25(9-11-26)14-18-6-7-21-22(12-18)30-15-29-21/h3-7,12-13,16H,8-11,14-15H2,1-2H3,(H,24,28)/p+2/t16-/m0/s1. The Morgan fingerprint density at radius 3 is 2.57 bits per heavy atom. The first-order chi connectivity index (χ1) is 14.5. The molecule has 1 saturated heterocycles. The molecule has 3 N–H and O–H groups in total. The molecule has 0 radical (unpaired) electrons. The van der Waals surface area contributed by atoms with Gasteiger partial charge in [0.05, 0.1) is 0 Å². The number of carbonyl (C=O) groups is 2. The largest absolute Gasteiger partial charge is 0.454 e. The zero-order chi connectivity index (χ0) is 21.1. The second-order valence-electron chi connectivity index (χ2n) is 8.12. The first-order valence-corrected chi connectivity index (χ1v) is 10.5. The second kappa shape index (κ2) is 8.85. The van der Waals surface area contributed by atoms with Crippen LogP contribution in [0.3, 0.4) is 0 Å². The van der Waals surface area contributed by atoms with Gasteiger partial charge in [-0.1, -0.05) is 12.1 Å². The molecule has 4 rings (SSSR count). The minimum absolute atomic E-state index is 0.00803. The molecule has 30 heavy (non-hydrogen) atoms. The number of ether oxygens (including phenoxy) is 2. The second-order valence-corrected chi connectivity index (χ2v) is 8.12. The number of benzene rings is 2. The average molecular weight is 412 g/mol. The van der Waals surface area contributed by atoms with E-state index in [1.807, 2.05) is 19.1 Å². The molecule has 2 heterocycles. The molecular weight excluding hydrogens is 382 g/mol. The highest BCUT2D eigenvalue weighted by atomic mass is 16.7. The van der Waals surface area contributed by atoms with Crippen molar-refractivity contribution in [1.82, 2.24) is 0 Å². The molecule has 158 valence electrons. The summed E-state index contributed by atoms with van der Waals surface area (Å²) in [6.07, 6.45) is 0. The minimum Gasteiger partial charge on any atom is -0.454 e. The number of nitrogens with one attached hydrogen (secondary N) is 3. The van der Waals surface area contributed by atoms with Gasteiger partial charge in [0, 0.05) is 16.8 Å². The van der Waals surface area contributed by atoms with Crippen molar-refractivity contribution < 1.29 is 28.9 Å². The fourth-order valence-corrected chi connectivity index (χ4v) is 4.13. The number of hydrogen-bond acceptors (Lipinski definition) is 4. The van der Waals surface area contributed by atoms with Crippen molar-refractivity contribution in [1.29, 1.82) is 0 Å². The van der Waals surface area contributed by atoms with Crippen LogP contribution in [-0.4, -0.2) is 50.7 Å². The summed E-state index contributed by atoms with van der Waals surface area (Å²) in [5.41, 5.74) is 2.52. The quantitative estimate of drug-likeness (QED) is 0.582. The number of carbonyl (C=O) groups excluding carboxylic acids is 2. The van der Waals surface area contributed by atoms with E-state index in [4.69, 9.17) is 9.47 Å². The van der Waals surface area contributed by atoms with Gasteiger partial charge in [-0.25, -0.2) is 0 Å². The maximum atomic E-state index is 12.7. The van der Waals surface area contributed by atoms with Crippen LogP contribution in [0.4, 0.5) is 5.69 Å². The SMILES string of the molecule is CC(=O)c1cccc(NC(=O)[C@H](C)[NH+]2CC[NH+](Cc3ccc4c(c3)OCO4)CC2)c1. The Morgan fingerprint density at radius 2 is 1.80 bits per heavy atom. The Balaban J connectivity index is 1.28. The van der Waals surface area contributed by atoms with Gasteiger partial charge in [-0.05, 0) is 44.2 Å². The molecule has 1 amide bonds. The van der Waals surface area contributed by atoms with Crippen molar-refractivity contribution in [2.24, 2.45) is 0 Å². The molecule has 1 fully saturated rings. The third-order valence-electron chi connectivity index (χ3n) is 6.03. The summed E-state index contributed by atoms with van der Waals surface area (Å²) >= 11 is 0. The third kappa shape index (κ3) is 4.63. The summed E-state index contributed by atoms with van der Waals surface area (Å²) in [7, 11) is 0. The number of piperazine rings is 1. The number of Topliss-reactive ketones (excluding diaryl/α,β-unsaturated/α-hetero) is 1. The number of fused-ring (bicyclic) bond motifs is 1. The summed E-state index contributed by atoms with van der Waals surface area (Å²) in [5.74, 6) is 1.63. The van der Waals surface area contributed by atoms with Gasteiger partial charge in [0.15, 0.2) is 23.3 Å². The molecule has 0 bridgehead atoms. The molecular formula is C23H29N3O4+2. The monoisotopic (exact) mass is 411 g/mol. The molecule has 1 atom stereocenters. The van der Waals surface area contributed by atoms with Crippen molar-refractivity contribution in [2.45, 2.75) is 26.4 Å². The molecule has 2 aromatic carbocycles. The smallest absolute Gasteiger partial charge is 0.282 e. The molecule has 0 unspecified atom stereocenters. The van der Waals surface area contributed by atoms with Crippen LogP contribution < -0.4 is 24.6 Å². The van der Waals surface area contributed by atoms with Crippen molar-refractivity contribution >= 4 is 17.4 Å². The van der Waals surface area contributed by atoms with E-state index in [1.54, 1.807) is 18.2 Å². The lowest BCUT2D eigenvalue weighted by Gasteiger charge is -2.32. The van der Waals surface area contributed by atoms with E-state index in [1.165, 1.54) is 22.3 Å². The van der Waals surface area contributed by atoms with E-state index in [0.29, 0.717) is 18.0 Å². The van der Waals surface area contributed by atoms with Crippen LogP contribution in [0.1, 0.15) is 29.8 Å².